The smallest absolute Gasteiger partial charge is 0.238 e. The summed E-state index contributed by atoms with van der Waals surface area (Å²) in [5.41, 5.74) is 6.49. The second-order valence-electron chi connectivity index (χ2n) is 4.60. The van der Waals surface area contributed by atoms with Gasteiger partial charge in [-0.15, -0.1) is 0 Å². The first-order valence-electron chi connectivity index (χ1n) is 6.35. The van der Waals surface area contributed by atoms with Crippen molar-refractivity contribution < 1.29 is 13.2 Å². The molecule has 0 fully saturated rings. The molecule has 1 amide bonds. The van der Waals surface area contributed by atoms with Gasteiger partial charge in [-0.05, 0) is 42.8 Å². The molecular formula is C15H16N2O3S. The van der Waals surface area contributed by atoms with Gasteiger partial charge in [0, 0.05) is 5.69 Å². The van der Waals surface area contributed by atoms with Crippen molar-refractivity contribution in [1.29, 1.82) is 0 Å². The lowest BCUT2D eigenvalue weighted by Crippen LogP contribution is -2.21. The van der Waals surface area contributed by atoms with Gasteiger partial charge in [-0.3, -0.25) is 4.79 Å². The maximum Gasteiger partial charge on any atom is 0.238 e. The van der Waals surface area contributed by atoms with Crippen molar-refractivity contribution in [1.82, 2.24) is 0 Å². The van der Waals surface area contributed by atoms with Crippen molar-refractivity contribution in [3.05, 3.63) is 54.1 Å². The van der Waals surface area contributed by atoms with E-state index in [0.29, 0.717) is 5.69 Å². The first kappa shape index (κ1) is 15.2. The zero-order valence-electron chi connectivity index (χ0n) is 11.5. The number of hydrogen-bond donors (Lipinski definition) is 2. The molecular weight excluding hydrogens is 288 g/mol. The Morgan fingerprint density at radius 1 is 1.10 bits per heavy atom. The van der Waals surface area contributed by atoms with E-state index in [1.165, 1.54) is 12.1 Å². The number of carbonyl (C=O) groups is 1. The third kappa shape index (κ3) is 3.48. The Hall–Kier alpha value is -2.18. The van der Waals surface area contributed by atoms with E-state index >= 15 is 0 Å². The van der Waals surface area contributed by atoms with Crippen molar-refractivity contribution in [3.63, 3.8) is 0 Å². The molecule has 0 atom stereocenters. The zero-order valence-corrected chi connectivity index (χ0v) is 12.4. The highest BCUT2D eigenvalue weighted by Gasteiger charge is 2.18. The molecule has 0 aliphatic rings. The molecule has 0 saturated carbocycles. The van der Waals surface area contributed by atoms with Gasteiger partial charge in [-0.2, -0.15) is 0 Å². The van der Waals surface area contributed by atoms with E-state index in [4.69, 9.17) is 5.73 Å². The highest BCUT2D eigenvalue weighted by molar-refractivity contribution is 7.91. The van der Waals surface area contributed by atoms with Crippen LogP contribution in [-0.4, -0.2) is 20.9 Å². The summed E-state index contributed by atoms with van der Waals surface area (Å²) >= 11 is 0. The maximum absolute atomic E-state index is 12.6. The molecule has 0 aliphatic carbocycles. The molecule has 0 bridgehead atoms. The highest BCUT2D eigenvalue weighted by atomic mass is 32.2. The maximum atomic E-state index is 12.6. The molecule has 2 aromatic carbocycles. The number of anilines is 1. The second-order valence-corrected chi connectivity index (χ2v) is 6.55. The third-order valence-corrected chi connectivity index (χ3v) is 4.66. The molecule has 0 unspecified atom stereocenters. The molecule has 3 N–H and O–H groups in total. The minimum atomic E-state index is -3.61. The number of hydrogen-bond acceptors (Lipinski definition) is 4. The normalized spacial score (nSPS) is 11.1. The first-order chi connectivity index (χ1) is 9.93. The Morgan fingerprint density at radius 2 is 1.71 bits per heavy atom. The molecule has 0 spiro atoms. The Kier molecular flexibility index (Phi) is 4.40. The predicted molar refractivity (Wildman–Crippen MR) is 80.8 cm³/mol. The van der Waals surface area contributed by atoms with Crippen LogP contribution >= 0.6 is 0 Å². The number of rotatable bonds is 4. The van der Waals surface area contributed by atoms with Crippen molar-refractivity contribution in [2.75, 3.05) is 11.9 Å². The van der Waals surface area contributed by atoms with Crippen LogP contribution in [0.25, 0.3) is 0 Å². The topological polar surface area (TPSA) is 89.3 Å². The number of nitrogens with one attached hydrogen (secondary N) is 1. The van der Waals surface area contributed by atoms with Gasteiger partial charge >= 0.3 is 0 Å². The number of sulfone groups is 1. The number of nitrogens with two attached hydrogens (primary N) is 1. The molecule has 2 aromatic rings. The number of carbonyl (C=O) groups excluding carboxylic acids is 1. The number of amides is 1. The lowest BCUT2D eigenvalue weighted by atomic mass is 10.2. The van der Waals surface area contributed by atoms with E-state index in [2.05, 4.69) is 5.32 Å². The lowest BCUT2D eigenvalue weighted by Gasteiger charge is -2.08. The third-order valence-electron chi connectivity index (χ3n) is 2.91. The Bertz CT molecular complexity index is 770. The van der Waals surface area contributed by atoms with Gasteiger partial charge in [-0.25, -0.2) is 8.42 Å². The molecule has 0 saturated heterocycles. The monoisotopic (exact) mass is 304 g/mol. The fraction of sp³-hybridized carbons (Fsp3) is 0.133. The minimum Gasteiger partial charge on any atom is -0.325 e. The van der Waals surface area contributed by atoms with Crippen LogP contribution in [-0.2, 0) is 14.6 Å². The van der Waals surface area contributed by atoms with Crippen molar-refractivity contribution in [2.45, 2.75) is 16.7 Å². The zero-order chi connectivity index (χ0) is 15.5. The summed E-state index contributed by atoms with van der Waals surface area (Å²) < 4.78 is 25.1. The fourth-order valence-electron chi connectivity index (χ4n) is 1.87. The van der Waals surface area contributed by atoms with Gasteiger partial charge in [0.2, 0.25) is 15.7 Å². The van der Waals surface area contributed by atoms with Crippen molar-refractivity contribution in [2.24, 2.45) is 5.73 Å². The van der Waals surface area contributed by atoms with Crippen LogP contribution < -0.4 is 11.1 Å². The Balaban J connectivity index is 2.41. The van der Waals surface area contributed by atoms with E-state index in [1.54, 1.807) is 30.3 Å². The standard InChI is InChI=1S/C15H16N2O3S/c1-11-4-2-6-13(8-11)21(19,20)14-7-3-5-12(9-14)17-15(18)10-16/h2-9H,10,16H2,1H3,(H,17,18). The van der Waals surface area contributed by atoms with E-state index < -0.39 is 9.84 Å². The highest BCUT2D eigenvalue weighted by Crippen LogP contribution is 2.23. The molecule has 21 heavy (non-hydrogen) atoms. The lowest BCUT2D eigenvalue weighted by molar-refractivity contribution is -0.114. The molecule has 0 aromatic heterocycles. The van der Waals surface area contributed by atoms with Gasteiger partial charge in [0.25, 0.3) is 0 Å². The van der Waals surface area contributed by atoms with Gasteiger partial charge in [0.15, 0.2) is 0 Å². The fourth-order valence-corrected chi connectivity index (χ4v) is 3.28. The summed E-state index contributed by atoms with van der Waals surface area (Å²) in [6, 6.07) is 12.8. The van der Waals surface area contributed by atoms with Crippen molar-refractivity contribution in [3.8, 4) is 0 Å². The summed E-state index contributed by atoms with van der Waals surface area (Å²) in [5.74, 6) is -0.375. The SMILES string of the molecule is Cc1cccc(S(=O)(=O)c2cccc(NC(=O)CN)c2)c1. The summed E-state index contributed by atoms with van der Waals surface area (Å²) in [6.07, 6.45) is 0. The van der Waals surface area contributed by atoms with Crippen LogP contribution in [0.2, 0.25) is 0 Å². The molecule has 6 heteroatoms. The number of aryl methyl sites for hydroxylation is 1. The average Bonchev–Trinajstić information content (AvgIpc) is 2.47. The average molecular weight is 304 g/mol. The summed E-state index contributed by atoms with van der Waals surface area (Å²) in [6.45, 7) is 1.67. The van der Waals surface area contributed by atoms with E-state index in [1.807, 2.05) is 13.0 Å². The van der Waals surface area contributed by atoms with Crippen LogP contribution in [0.1, 0.15) is 5.56 Å². The minimum absolute atomic E-state index is 0.128. The van der Waals surface area contributed by atoms with Crippen molar-refractivity contribution >= 4 is 21.4 Å². The van der Waals surface area contributed by atoms with E-state index in [9.17, 15) is 13.2 Å². The quantitative estimate of drug-likeness (QED) is 0.900. The largest absolute Gasteiger partial charge is 0.325 e. The molecule has 0 aliphatic heterocycles. The predicted octanol–water partition coefficient (Wildman–Crippen LogP) is 1.73. The van der Waals surface area contributed by atoms with E-state index in [-0.39, 0.29) is 22.2 Å². The van der Waals surface area contributed by atoms with Crippen LogP contribution in [0, 0.1) is 6.92 Å². The molecule has 0 radical (unpaired) electrons. The molecule has 110 valence electrons. The van der Waals surface area contributed by atoms with Gasteiger partial charge in [-0.1, -0.05) is 18.2 Å². The molecule has 5 nitrogen and oxygen atoms in total. The molecule has 0 heterocycles. The van der Waals surface area contributed by atoms with Gasteiger partial charge in [0.05, 0.1) is 16.3 Å². The summed E-state index contributed by atoms with van der Waals surface area (Å²) in [7, 11) is -3.61. The second kappa shape index (κ2) is 6.07. The van der Waals surface area contributed by atoms with Crippen LogP contribution in [0.3, 0.4) is 0 Å². The number of benzene rings is 2. The Labute approximate surface area is 123 Å². The van der Waals surface area contributed by atoms with Crippen LogP contribution in [0.4, 0.5) is 5.69 Å². The summed E-state index contributed by atoms with van der Waals surface area (Å²) in [4.78, 5) is 11.6. The van der Waals surface area contributed by atoms with E-state index in [0.717, 1.165) is 5.56 Å². The Morgan fingerprint density at radius 3 is 2.33 bits per heavy atom. The van der Waals surface area contributed by atoms with Gasteiger partial charge in [0.1, 0.15) is 0 Å². The first-order valence-corrected chi connectivity index (χ1v) is 7.83. The molecule has 2 rings (SSSR count). The van der Waals surface area contributed by atoms with Gasteiger partial charge < -0.3 is 11.1 Å². The van der Waals surface area contributed by atoms with Crippen LogP contribution in [0.5, 0.6) is 0 Å². The summed E-state index contributed by atoms with van der Waals surface area (Å²) in [5, 5.41) is 2.54. The van der Waals surface area contributed by atoms with Crippen LogP contribution in [0.15, 0.2) is 58.3 Å².